The van der Waals surface area contributed by atoms with Gasteiger partial charge in [0.15, 0.2) is 47.9 Å². The van der Waals surface area contributed by atoms with E-state index in [4.69, 9.17) is 0 Å². The summed E-state index contributed by atoms with van der Waals surface area (Å²) in [7, 11) is 7.69. The first-order valence-electron chi connectivity index (χ1n) is 12.7. The molecule has 4 aliphatic heterocycles. The number of nitrogens with zero attached hydrogens (tertiary/aromatic N) is 16. The molecule has 0 aliphatic carbocycles. The molecule has 43 heavy (non-hydrogen) atoms. The topological polar surface area (TPSA) is 172 Å². The molecule has 0 saturated heterocycles. The normalized spacial score (nSPS) is 17.0. The van der Waals surface area contributed by atoms with Gasteiger partial charge in [-0.25, -0.2) is 61.1 Å². The Morgan fingerprint density at radius 1 is 0.419 bits per heavy atom. The summed E-state index contributed by atoms with van der Waals surface area (Å²) in [5.74, 6) is 2.66. The van der Waals surface area contributed by atoms with Crippen molar-refractivity contribution in [3.05, 3.63) is 87.6 Å². The van der Waals surface area contributed by atoms with Crippen molar-refractivity contribution in [1.29, 1.82) is 0 Å². The maximum atomic E-state index is 4.49. The molecule has 4 aliphatic rings. The zero-order valence-corrected chi connectivity index (χ0v) is 24.2. The second-order valence-electron chi connectivity index (χ2n) is 9.33. The van der Waals surface area contributed by atoms with E-state index >= 15 is 0 Å². The molecular formula is C26H22CuN16+2. The molecule has 0 amide bonds. The van der Waals surface area contributed by atoms with E-state index in [-0.39, 0.29) is 17.1 Å². The van der Waals surface area contributed by atoms with Gasteiger partial charge in [0.1, 0.15) is 48.1 Å². The van der Waals surface area contributed by atoms with Gasteiger partial charge in [-0.2, -0.15) is 0 Å². The summed E-state index contributed by atoms with van der Waals surface area (Å²) in [5, 5.41) is 17.9. The van der Waals surface area contributed by atoms with E-state index in [9.17, 15) is 0 Å². The Labute approximate surface area is 259 Å². The first kappa shape index (κ1) is 28.4. The minimum Gasteiger partial charge on any atom is -0.342 e. The van der Waals surface area contributed by atoms with Gasteiger partial charge in [0.2, 0.25) is 0 Å². The number of anilines is 4. The van der Waals surface area contributed by atoms with Crippen molar-refractivity contribution in [2.24, 2.45) is 0 Å². The fraction of sp³-hybridized carbons (Fsp3) is 0.154. The standard InChI is InChI=1S/2C13H11N8.Cu/c2*1-20-8-4-14-6-16-12(8)18-10(20)3-11-19-13-9(21(11)2)5-15-7-17-13;/h2*3-7H,1-2H3;/q;;+2. The maximum Gasteiger partial charge on any atom is 2.00 e. The van der Waals surface area contributed by atoms with Gasteiger partial charge in [0.05, 0.1) is 37.6 Å². The van der Waals surface area contributed by atoms with Crippen LogP contribution < -0.4 is 40.9 Å². The largest absolute Gasteiger partial charge is 2.00 e. The minimum absolute atomic E-state index is 0. The Morgan fingerprint density at radius 3 is 0.860 bits per heavy atom. The molecular weight excluding hydrogens is 600 g/mol. The van der Waals surface area contributed by atoms with Gasteiger partial charge in [0.25, 0.3) is 0 Å². The van der Waals surface area contributed by atoms with E-state index in [2.05, 4.69) is 61.1 Å². The summed E-state index contributed by atoms with van der Waals surface area (Å²) >= 11 is 0. The summed E-state index contributed by atoms with van der Waals surface area (Å²) in [6.45, 7) is 0. The van der Waals surface area contributed by atoms with E-state index in [1.165, 1.54) is 25.3 Å². The molecule has 0 N–H and O–H groups in total. The van der Waals surface area contributed by atoms with E-state index in [1.807, 2.05) is 60.6 Å². The summed E-state index contributed by atoms with van der Waals surface area (Å²) < 4.78 is 0. The molecule has 4 aromatic heterocycles. The summed E-state index contributed by atoms with van der Waals surface area (Å²) in [4.78, 5) is 40.4. The second kappa shape index (κ2) is 11.5. The molecule has 11 radical (unpaired) electrons. The average Bonchev–Trinajstić information content (AvgIpc) is 3.72. The molecule has 0 atom stereocenters. The molecule has 0 spiro atoms. The maximum absolute atomic E-state index is 4.49. The molecule has 17 heteroatoms. The van der Waals surface area contributed by atoms with E-state index in [0.717, 1.165) is 47.4 Å². The van der Waals surface area contributed by atoms with Gasteiger partial charge in [-0.3, -0.25) is 0 Å². The summed E-state index contributed by atoms with van der Waals surface area (Å²) in [6.07, 6.45) is 19.8. The van der Waals surface area contributed by atoms with Gasteiger partial charge in [-0.15, -0.1) is 0 Å². The third kappa shape index (κ3) is 5.10. The van der Waals surface area contributed by atoms with Crippen LogP contribution in [0, 0.1) is 37.5 Å². The molecule has 215 valence electrons. The fourth-order valence-electron chi connectivity index (χ4n) is 4.53. The van der Waals surface area contributed by atoms with E-state index in [1.54, 1.807) is 24.8 Å². The van der Waals surface area contributed by atoms with Crippen LogP contribution in [0.4, 0.5) is 46.0 Å². The molecule has 0 fully saturated rings. The number of hydrogen-bond acceptors (Lipinski definition) is 12. The van der Waals surface area contributed by atoms with Crippen molar-refractivity contribution in [3.63, 3.8) is 0 Å². The van der Waals surface area contributed by atoms with Crippen molar-refractivity contribution in [2.75, 3.05) is 47.8 Å². The van der Waals surface area contributed by atoms with Crippen molar-refractivity contribution in [2.45, 2.75) is 0 Å². The molecule has 0 saturated carbocycles. The van der Waals surface area contributed by atoms with Gasteiger partial charge in [0, 0.05) is 28.2 Å². The predicted molar refractivity (Wildman–Crippen MR) is 150 cm³/mol. The predicted octanol–water partition coefficient (Wildman–Crippen LogP) is 1.04. The van der Waals surface area contributed by atoms with Crippen molar-refractivity contribution >= 4 is 46.0 Å². The van der Waals surface area contributed by atoms with Crippen LogP contribution in [0.25, 0.3) is 0 Å². The number of aromatic nitrogens is 8. The first-order valence-corrected chi connectivity index (χ1v) is 12.7. The van der Waals surface area contributed by atoms with Crippen molar-refractivity contribution < 1.29 is 17.1 Å². The van der Waals surface area contributed by atoms with Gasteiger partial charge in [-0.1, -0.05) is 0 Å². The van der Waals surface area contributed by atoms with Crippen LogP contribution in [0.15, 0.2) is 50.1 Å². The third-order valence-corrected chi connectivity index (χ3v) is 6.91. The van der Waals surface area contributed by atoms with E-state index < -0.39 is 0 Å². The Morgan fingerprint density at radius 2 is 0.651 bits per heavy atom. The number of rotatable bonds is 4. The molecule has 4 aromatic rings. The monoisotopic (exact) mass is 621 g/mol. The minimum atomic E-state index is 0. The van der Waals surface area contributed by atoms with Crippen LogP contribution in [0.1, 0.15) is 0 Å². The van der Waals surface area contributed by atoms with Crippen LogP contribution in [0.2, 0.25) is 0 Å². The van der Waals surface area contributed by atoms with E-state index in [0.29, 0.717) is 23.3 Å². The zero-order chi connectivity index (χ0) is 28.8. The van der Waals surface area contributed by atoms with Crippen LogP contribution >= 0.6 is 0 Å². The van der Waals surface area contributed by atoms with Gasteiger partial charge in [-0.05, 0) is 0 Å². The molecule has 0 unspecified atom stereocenters. The molecule has 8 heterocycles. The van der Waals surface area contributed by atoms with Crippen molar-refractivity contribution in [1.82, 2.24) is 61.1 Å². The Bertz CT molecular complexity index is 1360. The SMILES string of the molecule is CN1[C]([CH][C]2[N]c3ncncc3N2C)[N]c2ncncc21.CN1[C]([CH][C]2[N]c3ncncc3N2C)[N]c2ncncc21.[Cu+2]. The Balaban J connectivity index is 0.000000150. The third-order valence-electron chi connectivity index (χ3n) is 6.91. The number of hydrogen-bond donors (Lipinski definition) is 0. The first-order chi connectivity index (χ1) is 20.5. The van der Waals surface area contributed by atoms with Gasteiger partial charge < -0.3 is 19.6 Å². The molecule has 8 rings (SSSR count). The molecule has 0 bridgehead atoms. The van der Waals surface area contributed by atoms with Crippen LogP contribution in [-0.4, -0.2) is 68.1 Å². The number of fused-ring (bicyclic) bond motifs is 4. The Kier molecular flexibility index (Phi) is 7.58. The van der Waals surface area contributed by atoms with Crippen LogP contribution in [0.3, 0.4) is 0 Å². The zero-order valence-electron chi connectivity index (χ0n) is 23.2. The Hall–Kier alpha value is -4.76. The molecule has 16 nitrogen and oxygen atoms in total. The second-order valence-corrected chi connectivity index (χ2v) is 9.33. The van der Waals surface area contributed by atoms with Crippen LogP contribution in [-0.2, 0) is 17.1 Å². The fourth-order valence-corrected chi connectivity index (χ4v) is 4.53. The van der Waals surface area contributed by atoms with Gasteiger partial charge >= 0.3 is 17.1 Å². The quantitative estimate of drug-likeness (QED) is 0.297. The average molecular weight is 622 g/mol. The van der Waals surface area contributed by atoms with Crippen LogP contribution in [0.5, 0.6) is 0 Å². The summed E-state index contributed by atoms with van der Waals surface area (Å²) in [5.41, 5.74) is 3.51. The summed E-state index contributed by atoms with van der Waals surface area (Å²) in [6, 6.07) is 0. The smallest absolute Gasteiger partial charge is 0.342 e. The molecule has 0 aromatic carbocycles. The van der Waals surface area contributed by atoms with Crippen molar-refractivity contribution in [3.8, 4) is 0 Å².